The molecule has 2 aromatic heterocycles. The first kappa shape index (κ1) is 14.0. The van der Waals surface area contributed by atoms with Gasteiger partial charge >= 0.3 is 0 Å². The molecule has 0 aliphatic rings. The van der Waals surface area contributed by atoms with Crippen molar-refractivity contribution in [1.82, 2.24) is 4.98 Å². The fraction of sp³-hybridized carbons (Fsp3) is 0.250. The van der Waals surface area contributed by atoms with E-state index in [1.165, 1.54) is 27.6 Å². The van der Waals surface area contributed by atoms with Gasteiger partial charge in [-0.25, -0.2) is 4.98 Å². The third-order valence-electron chi connectivity index (χ3n) is 2.68. The Labute approximate surface area is 123 Å². The smallest absolute Gasteiger partial charge is 0.288 e. The van der Waals surface area contributed by atoms with Gasteiger partial charge in [0.2, 0.25) is 0 Å². The molecular formula is C12H12BrN3O2S. The molecule has 19 heavy (non-hydrogen) atoms. The molecular weight excluding hydrogens is 330 g/mol. The molecule has 0 atom stereocenters. The zero-order chi connectivity index (χ0) is 14.0. The van der Waals surface area contributed by atoms with E-state index < -0.39 is 4.92 Å². The van der Waals surface area contributed by atoms with Crippen LogP contribution in [0.5, 0.6) is 0 Å². The first-order chi connectivity index (χ1) is 8.97. The highest BCUT2D eigenvalue weighted by Crippen LogP contribution is 2.26. The molecule has 0 amide bonds. The number of rotatable bonds is 4. The largest absolute Gasteiger partial charge is 0.364 e. The molecule has 0 bridgehead atoms. The molecule has 2 heterocycles. The summed E-state index contributed by atoms with van der Waals surface area (Å²) in [7, 11) is 0. The number of pyridine rings is 1. The molecule has 0 fully saturated rings. The lowest BCUT2D eigenvalue weighted by Crippen LogP contribution is -2.01. The van der Waals surface area contributed by atoms with Gasteiger partial charge in [-0.3, -0.25) is 10.1 Å². The number of nitrogens with one attached hydrogen (secondary N) is 1. The van der Waals surface area contributed by atoms with Gasteiger partial charge in [-0.15, -0.1) is 11.3 Å². The molecule has 0 spiro atoms. The molecule has 0 saturated heterocycles. The van der Waals surface area contributed by atoms with Crippen LogP contribution in [0.15, 0.2) is 22.8 Å². The molecule has 5 nitrogen and oxygen atoms in total. The van der Waals surface area contributed by atoms with Crippen molar-refractivity contribution in [3.63, 3.8) is 0 Å². The zero-order valence-corrected chi connectivity index (χ0v) is 12.8. The van der Waals surface area contributed by atoms with Crippen molar-refractivity contribution in [3.8, 4) is 0 Å². The van der Waals surface area contributed by atoms with Gasteiger partial charge in [-0.05, 0) is 41.4 Å². The van der Waals surface area contributed by atoms with Crippen LogP contribution >= 0.6 is 27.3 Å². The van der Waals surface area contributed by atoms with E-state index >= 15 is 0 Å². The van der Waals surface area contributed by atoms with Crippen LogP contribution in [0.3, 0.4) is 0 Å². The Hall–Kier alpha value is -1.47. The minimum atomic E-state index is -0.465. The standard InChI is InChI=1S/C12H12BrN3O2S/c1-7-3-10(19-8(7)2)6-15-12-11(13)4-9(5-14-12)16(17)18/h3-5H,6H2,1-2H3,(H,14,15). The summed E-state index contributed by atoms with van der Waals surface area (Å²) in [6.45, 7) is 4.82. The molecule has 0 aromatic carbocycles. The van der Waals surface area contributed by atoms with E-state index in [0.29, 0.717) is 16.8 Å². The fourth-order valence-electron chi connectivity index (χ4n) is 1.57. The lowest BCUT2D eigenvalue weighted by molar-refractivity contribution is -0.385. The second kappa shape index (κ2) is 5.66. The van der Waals surface area contributed by atoms with Crippen LogP contribution in [0, 0.1) is 24.0 Å². The summed E-state index contributed by atoms with van der Waals surface area (Å²) >= 11 is 5.02. The van der Waals surface area contributed by atoms with Crippen LogP contribution in [-0.4, -0.2) is 9.91 Å². The number of hydrogen-bond donors (Lipinski definition) is 1. The molecule has 0 aliphatic heterocycles. The molecule has 2 aromatic rings. The van der Waals surface area contributed by atoms with Gasteiger partial charge in [0, 0.05) is 15.8 Å². The maximum absolute atomic E-state index is 10.6. The lowest BCUT2D eigenvalue weighted by atomic mass is 10.3. The molecule has 7 heteroatoms. The van der Waals surface area contributed by atoms with Crippen molar-refractivity contribution in [2.75, 3.05) is 5.32 Å². The quantitative estimate of drug-likeness (QED) is 0.672. The second-order valence-electron chi connectivity index (χ2n) is 4.09. The SMILES string of the molecule is Cc1cc(CNc2ncc([N+](=O)[O-])cc2Br)sc1C. The first-order valence-electron chi connectivity index (χ1n) is 5.57. The number of nitrogens with zero attached hydrogens (tertiary/aromatic N) is 2. The number of anilines is 1. The summed E-state index contributed by atoms with van der Waals surface area (Å²) in [5, 5.41) is 13.8. The molecule has 0 aliphatic carbocycles. The Balaban J connectivity index is 2.09. The Kier molecular flexibility index (Phi) is 4.16. The van der Waals surface area contributed by atoms with E-state index in [-0.39, 0.29) is 5.69 Å². The van der Waals surface area contributed by atoms with Crippen LogP contribution in [0.4, 0.5) is 11.5 Å². The van der Waals surface area contributed by atoms with Gasteiger partial charge in [-0.1, -0.05) is 0 Å². The molecule has 1 N–H and O–H groups in total. The number of hydrogen-bond acceptors (Lipinski definition) is 5. The van der Waals surface area contributed by atoms with Crippen molar-refractivity contribution in [3.05, 3.63) is 48.2 Å². The summed E-state index contributed by atoms with van der Waals surface area (Å²) in [6, 6.07) is 3.58. The molecule has 0 radical (unpaired) electrons. The van der Waals surface area contributed by atoms with Gasteiger partial charge < -0.3 is 5.32 Å². The average Bonchev–Trinajstić information content (AvgIpc) is 2.67. The van der Waals surface area contributed by atoms with Crippen molar-refractivity contribution in [2.45, 2.75) is 20.4 Å². The highest BCUT2D eigenvalue weighted by molar-refractivity contribution is 9.10. The number of halogens is 1. The van der Waals surface area contributed by atoms with Crippen LogP contribution < -0.4 is 5.32 Å². The molecule has 100 valence electrons. The summed E-state index contributed by atoms with van der Waals surface area (Å²) in [5.41, 5.74) is 1.25. The highest BCUT2D eigenvalue weighted by atomic mass is 79.9. The monoisotopic (exact) mass is 341 g/mol. The third kappa shape index (κ3) is 3.30. The summed E-state index contributed by atoms with van der Waals surface area (Å²) in [4.78, 5) is 16.7. The number of nitro groups is 1. The van der Waals surface area contributed by atoms with Gasteiger partial charge in [0.05, 0.1) is 15.9 Å². The van der Waals surface area contributed by atoms with Crippen LogP contribution in [0.2, 0.25) is 0 Å². The van der Waals surface area contributed by atoms with E-state index in [1.54, 1.807) is 11.3 Å². The van der Waals surface area contributed by atoms with Gasteiger partial charge in [0.1, 0.15) is 12.0 Å². The van der Waals surface area contributed by atoms with Crippen molar-refractivity contribution in [1.29, 1.82) is 0 Å². The van der Waals surface area contributed by atoms with Gasteiger partial charge in [0.15, 0.2) is 0 Å². The number of thiophene rings is 1. The Bertz CT molecular complexity index is 608. The van der Waals surface area contributed by atoms with Crippen molar-refractivity contribution in [2.24, 2.45) is 0 Å². The minimum absolute atomic E-state index is 0.0276. The first-order valence-corrected chi connectivity index (χ1v) is 7.18. The molecule has 2 rings (SSSR count). The third-order valence-corrected chi connectivity index (χ3v) is 4.44. The number of aryl methyl sites for hydroxylation is 2. The van der Waals surface area contributed by atoms with Crippen LogP contribution in [0.25, 0.3) is 0 Å². The van der Waals surface area contributed by atoms with Crippen LogP contribution in [0.1, 0.15) is 15.3 Å². The maximum Gasteiger partial charge on any atom is 0.288 e. The Morgan fingerprint density at radius 1 is 1.47 bits per heavy atom. The van der Waals surface area contributed by atoms with E-state index in [4.69, 9.17) is 0 Å². The second-order valence-corrected chi connectivity index (χ2v) is 6.28. The van der Waals surface area contributed by atoms with Gasteiger partial charge in [-0.2, -0.15) is 0 Å². The fourth-order valence-corrected chi connectivity index (χ4v) is 3.04. The van der Waals surface area contributed by atoms with Crippen molar-refractivity contribution >= 4 is 38.8 Å². The highest BCUT2D eigenvalue weighted by Gasteiger charge is 2.10. The minimum Gasteiger partial charge on any atom is -0.364 e. The zero-order valence-electron chi connectivity index (χ0n) is 10.4. The Morgan fingerprint density at radius 2 is 2.21 bits per heavy atom. The normalized spacial score (nSPS) is 10.5. The van der Waals surface area contributed by atoms with E-state index in [9.17, 15) is 10.1 Å². The predicted octanol–water partition coefficient (Wildman–Crippen LogP) is 4.04. The van der Waals surface area contributed by atoms with Crippen LogP contribution in [-0.2, 0) is 6.54 Å². The molecule has 0 unspecified atom stereocenters. The summed E-state index contributed by atoms with van der Waals surface area (Å²) in [5.74, 6) is 0.606. The summed E-state index contributed by atoms with van der Waals surface area (Å²) in [6.07, 6.45) is 1.25. The maximum atomic E-state index is 10.6. The Morgan fingerprint density at radius 3 is 2.74 bits per heavy atom. The van der Waals surface area contributed by atoms with E-state index in [1.807, 2.05) is 0 Å². The average molecular weight is 342 g/mol. The van der Waals surface area contributed by atoms with E-state index in [0.717, 1.165) is 0 Å². The lowest BCUT2D eigenvalue weighted by Gasteiger charge is -2.05. The van der Waals surface area contributed by atoms with Gasteiger partial charge in [0.25, 0.3) is 5.69 Å². The number of aromatic nitrogens is 1. The van der Waals surface area contributed by atoms with Crippen molar-refractivity contribution < 1.29 is 4.92 Å². The van der Waals surface area contributed by atoms with E-state index in [2.05, 4.69) is 46.1 Å². The summed E-state index contributed by atoms with van der Waals surface area (Å²) < 4.78 is 0.590. The molecule has 0 saturated carbocycles. The topological polar surface area (TPSA) is 68.1 Å². The predicted molar refractivity (Wildman–Crippen MR) is 79.7 cm³/mol.